The second kappa shape index (κ2) is 4.94. The van der Waals surface area contributed by atoms with Crippen molar-refractivity contribution < 1.29 is 23.8 Å². The van der Waals surface area contributed by atoms with Crippen molar-refractivity contribution in [3.05, 3.63) is 30.1 Å². The number of benzene rings is 1. The quantitative estimate of drug-likeness (QED) is 0.785. The van der Waals surface area contributed by atoms with Crippen LogP contribution in [0.1, 0.15) is 6.92 Å². The Balaban J connectivity index is 2.65. The highest BCUT2D eigenvalue weighted by molar-refractivity contribution is 5.78. The van der Waals surface area contributed by atoms with E-state index in [-0.39, 0.29) is 12.4 Å². The molecule has 88 valence electrons. The molecule has 0 radical (unpaired) electrons. The number of esters is 1. The van der Waals surface area contributed by atoms with Gasteiger partial charge in [-0.3, -0.25) is 0 Å². The number of carbonyl (C=O) groups is 1. The van der Waals surface area contributed by atoms with Crippen LogP contribution in [0, 0.1) is 5.82 Å². The zero-order valence-electron chi connectivity index (χ0n) is 9.07. The molecule has 5 heteroatoms. The molecule has 0 aromatic heterocycles. The summed E-state index contributed by atoms with van der Waals surface area (Å²) in [5, 5.41) is 9.61. The molecule has 0 heterocycles. The molecule has 1 unspecified atom stereocenters. The van der Waals surface area contributed by atoms with E-state index in [0.29, 0.717) is 0 Å². The molecule has 0 spiro atoms. The third-order valence-electron chi connectivity index (χ3n) is 1.97. The van der Waals surface area contributed by atoms with E-state index < -0.39 is 17.4 Å². The predicted octanol–water partition coefficient (Wildman–Crippen LogP) is 1.13. The third kappa shape index (κ3) is 2.93. The molecule has 1 aromatic rings. The Kier molecular flexibility index (Phi) is 3.84. The minimum atomic E-state index is -1.79. The van der Waals surface area contributed by atoms with Gasteiger partial charge in [0.1, 0.15) is 6.61 Å². The summed E-state index contributed by atoms with van der Waals surface area (Å²) in [5.41, 5.74) is -1.79. The Labute approximate surface area is 92.6 Å². The molecule has 1 N–H and O–H groups in total. The highest BCUT2D eigenvalue weighted by atomic mass is 19.1. The second-order valence-corrected chi connectivity index (χ2v) is 3.48. The maximum atomic E-state index is 13.1. The summed E-state index contributed by atoms with van der Waals surface area (Å²) < 4.78 is 22.5. The van der Waals surface area contributed by atoms with Gasteiger partial charge in [0.25, 0.3) is 0 Å². The zero-order chi connectivity index (χ0) is 12.2. The summed E-state index contributed by atoms with van der Waals surface area (Å²) in [6.07, 6.45) is 0. The van der Waals surface area contributed by atoms with Gasteiger partial charge in [0.15, 0.2) is 17.2 Å². The van der Waals surface area contributed by atoms with Gasteiger partial charge in [-0.05, 0) is 19.1 Å². The number of carbonyl (C=O) groups excluding carboxylic acids is 1. The number of methoxy groups -OCH3 is 1. The Morgan fingerprint density at radius 3 is 2.69 bits per heavy atom. The van der Waals surface area contributed by atoms with Crippen LogP contribution in [0.3, 0.4) is 0 Å². The van der Waals surface area contributed by atoms with Crippen molar-refractivity contribution >= 4 is 5.97 Å². The van der Waals surface area contributed by atoms with Crippen molar-refractivity contribution in [2.45, 2.75) is 12.5 Å². The van der Waals surface area contributed by atoms with Crippen LogP contribution in [0.25, 0.3) is 0 Å². The highest BCUT2D eigenvalue weighted by Crippen LogP contribution is 2.17. The molecular formula is C11H13FO4. The van der Waals surface area contributed by atoms with Crippen LogP contribution in [0.2, 0.25) is 0 Å². The summed E-state index contributed by atoms with van der Waals surface area (Å²) in [4.78, 5) is 11.1. The molecule has 0 fully saturated rings. The second-order valence-electron chi connectivity index (χ2n) is 3.48. The lowest BCUT2D eigenvalue weighted by atomic mass is 10.1. The van der Waals surface area contributed by atoms with Crippen molar-refractivity contribution in [2.75, 3.05) is 13.7 Å². The molecule has 0 saturated carbocycles. The van der Waals surface area contributed by atoms with Gasteiger partial charge in [-0.2, -0.15) is 0 Å². The Hall–Kier alpha value is -1.62. The van der Waals surface area contributed by atoms with E-state index in [9.17, 15) is 14.3 Å². The molecule has 4 nitrogen and oxygen atoms in total. The Morgan fingerprint density at radius 1 is 1.50 bits per heavy atom. The van der Waals surface area contributed by atoms with Crippen LogP contribution in [-0.2, 0) is 9.53 Å². The normalized spacial score (nSPS) is 14.0. The number of ether oxygens (including phenoxy) is 2. The van der Waals surface area contributed by atoms with Crippen LogP contribution in [-0.4, -0.2) is 30.4 Å². The molecule has 16 heavy (non-hydrogen) atoms. The van der Waals surface area contributed by atoms with Gasteiger partial charge < -0.3 is 14.6 Å². The summed E-state index contributed by atoms with van der Waals surface area (Å²) >= 11 is 0. The molecule has 0 amide bonds. The average molecular weight is 228 g/mol. The fourth-order valence-corrected chi connectivity index (χ4v) is 1.06. The summed E-state index contributed by atoms with van der Waals surface area (Å²) in [6, 6.07) is 5.73. The van der Waals surface area contributed by atoms with Crippen molar-refractivity contribution in [2.24, 2.45) is 0 Å². The van der Waals surface area contributed by atoms with Gasteiger partial charge in [-0.1, -0.05) is 12.1 Å². The van der Waals surface area contributed by atoms with E-state index in [1.165, 1.54) is 25.1 Å². The smallest absolute Gasteiger partial charge is 0.341 e. The van der Waals surface area contributed by atoms with E-state index in [1.807, 2.05) is 0 Å². The molecule has 1 rings (SSSR count). The molecular weight excluding hydrogens is 215 g/mol. The Morgan fingerprint density at radius 2 is 2.12 bits per heavy atom. The molecule has 0 saturated heterocycles. The van der Waals surface area contributed by atoms with E-state index in [2.05, 4.69) is 4.74 Å². The third-order valence-corrected chi connectivity index (χ3v) is 1.97. The molecule has 0 aliphatic carbocycles. The average Bonchev–Trinajstić information content (AvgIpc) is 2.27. The van der Waals surface area contributed by atoms with E-state index in [0.717, 1.165) is 7.11 Å². The van der Waals surface area contributed by atoms with E-state index >= 15 is 0 Å². The van der Waals surface area contributed by atoms with Gasteiger partial charge in [0.2, 0.25) is 0 Å². The fourth-order valence-electron chi connectivity index (χ4n) is 1.06. The molecule has 1 atom stereocenters. The molecule has 0 aliphatic heterocycles. The van der Waals surface area contributed by atoms with Crippen LogP contribution in [0.4, 0.5) is 4.39 Å². The fraction of sp³-hybridized carbons (Fsp3) is 0.364. The lowest BCUT2D eigenvalue weighted by Gasteiger charge is -2.20. The minimum Gasteiger partial charge on any atom is -0.487 e. The summed E-state index contributed by atoms with van der Waals surface area (Å²) in [7, 11) is 1.15. The van der Waals surface area contributed by atoms with Gasteiger partial charge in [-0.15, -0.1) is 0 Å². The number of aliphatic hydroxyl groups is 1. The number of rotatable bonds is 4. The molecule has 0 bridgehead atoms. The number of hydrogen-bond acceptors (Lipinski definition) is 4. The molecule has 0 aliphatic rings. The van der Waals surface area contributed by atoms with Crippen molar-refractivity contribution in [3.63, 3.8) is 0 Å². The lowest BCUT2D eigenvalue weighted by Crippen LogP contribution is -2.42. The van der Waals surface area contributed by atoms with E-state index in [1.54, 1.807) is 6.07 Å². The maximum Gasteiger partial charge on any atom is 0.341 e. The number of halogens is 1. The van der Waals surface area contributed by atoms with Gasteiger partial charge in [0, 0.05) is 0 Å². The van der Waals surface area contributed by atoms with Crippen LogP contribution in [0.15, 0.2) is 24.3 Å². The summed E-state index contributed by atoms with van der Waals surface area (Å²) in [5.74, 6) is -1.40. The standard InChI is InChI=1S/C11H13FO4/c1-11(14,10(13)15-2)7-16-9-6-4-3-5-8(9)12/h3-6,14H,7H2,1-2H3. The Bertz CT molecular complexity index is 376. The lowest BCUT2D eigenvalue weighted by molar-refractivity contribution is -0.163. The maximum absolute atomic E-state index is 13.1. The van der Waals surface area contributed by atoms with Crippen LogP contribution < -0.4 is 4.74 Å². The van der Waals surface area contributed by atoms with E-state index in [4.69, 9.17) is 4.74 Å². The van der Waals surface area contributed by atoms with Crippen molar-refractivity contribution in [1.82, 2.24) is 0 Å². The molecule has 1 aromatic carbocycles. The van der Waals surface area contributed by atoms with Gasteiger partial charge in [0.05, 0.1) is 7.11 Å². The number of hydrogen-bond donors (Lipinski definition) is 1. The first-order valence-corrected chi connectivity index (χ1v) is 4.65. The van der Waals surface area contributed by atoms with Crippen LogP contribution in [0.5, 0.6) is 5.75 Å². The van der Waals surface area contributed by atoms with Crippen molar-refractivity contribution in [3.8, 4) is 5.75 Å². The SMILES string of the molecule is COC(=O)C(C)(O)COc1ccccc1F. The predicted molar refractivity (Wildman–Crippen MR) is 54.5 cm³/mol. The number of para-hydroxylation sites is 1. The first-order valence-electron chi connectivity index (χ1n) is 4.65. The first kappa shape index (κ1) is 12.4. The first-order chi connectivity index (χ1) is 7.47. The minimum absolute atomic E-state index is 0.0216. The monoisotopic (exact) mass is 228 g/mol. The van der Waals surface area contributed by atoms with Crippen LogP contribution >= 0.6 is 0 Å². The van der Waals surface area contributed by atoms with Crippen molar-refractivity contribution in [1.29, 1.82) is 0 Å². The zero-order valence-corrected chi connectivity index (χ0v) is 9.07. The summed E-state index contributed by atoms with van der Waals surface area (Å²) in [6.45, 7) is 0.861. The highest BCUT2D eigenvalue weighted by Gasteiger charge is 2.32. The van der Waals surface area contributed by atoms with Gasteiger partial charge >= 0.3 is 5.97 Å². The largest absolute Gasteiger partial charge is 0.487 e. The topological polar surface area (TPSA) is 55.8 Å². The van der Waals surface area contributed by atoms with Gasteiger partial charge in [-0.25, -0.2) is 9.18 Å².